The molecule has 8 aromatic rings. The molecule has 2 aliphatic rings. The van der Waals surface area contributed by atoms with E-state index in [-0.39, 0.29) is 11.3 Å². The van der Waals surface area contributed by atoms with E-state index in [1.54, 1.807) is 0 Å². The summed E-state index contributed by atoms with van der Waals surface area (Å²) in [5.74, 6) is 0.232. The number of thiophene rings is 1. The summed E-state index contributed by atoms with van der Waals surface area (Å²) in [4.78, 5) is 0. The van der Waals surface area contributed by atoms with Crippen molar-refractivity contribution in [3.8, 4) is 0 Å². The fourth-order valence-corrected chi connectivity index (χ4v) is 10.4. The van der Waals surface area contributed by atoms with Crippen molar-refractivity contribution < 1.29 is 0 Å². The summed E-state index contributed by atoms with van der Waals surface area (Å²) in [6.07, 6.45) is 8.11. The first-order valence-electron chi connectivity index (χ1n) is 17.8. The zero-order valence-electron chi connectivity index (χ0n) is 27.9. The van der Waals surface area contributed by atoms with Crippen LogP contribution in [-0.4, -0.2) is 0 Å². The van der Waals surface area contributed by atoms with E-state index in [1.165, 1.54) is 81.0 Å². The van der Waals surface area contributed by atoms with Crippen LogP contribution < -0.4 is 0 Å². The zero-order valence-corrected chi connectivity index (χ0v) is 28.7. The van der Waals surface area contributed by atoms with Crippen LogP contribution in [-0.2, 0) is 11.8 Å². The average Bonchev–Trinajstić information content (AvgIpc) is 3.71. The normalized spacial score (nSPS) is 17.4. The van der Waals surface area contributed by atoms with Crippen LogP contribution in [0.3, 0.4) is 0 Å². The third-order valence-electron chi connectivity index (χ3n) is 11.2. The van der Waals surface area contributed by atoms with E-state index in [2.05, 4.69) is 176 Å². The number of allylic oxidation sites excluding steroid dienone is 4. The molecule has 1 heteroatoms. The Morgan fingerprint density at radius 1 is 0.560 bits per heavy atom. The highest BCUT2D eigenvalue weighted by atomic mass is 32.1. The fraction of sp³-hybridized carbons (Fsp3) is 0.102. The molecule has 0 saturated heterocycles. The van der Waals surface area contributed by atoms with Crippen molar-refractivity contribution in [3.63, 3.8) is 0 Å². The minimum absolute atomic E-state index is 0.232. The predicted octanol–water partition coefficient (Wildman–Crippen LogP) is 13.0. The molecule has 0 spiro atoms. The SMILES string of the molecule is C1=C2C(=CCC1)C(c1ccccc1)(c1ccc3c(c1)sc1c(C(Cc4cccc5ccccc45)c4ccccc4)cccc13)c1ccccc12. The molecular formula is C49H36S. The monoisotopic (exact) mass is 656 g/mol. The van der Waals surface area contributed by atoms with Gasteiger partial charge in [0.1, 0.15) is 0 Å². The number of fused-ring (bicyclic) bond motifs is 7. The molecule has 0 aliphatic heterocycles. The molecule has 0 radical (unpaired) electrons. The molecule has 0 amide bonds. The first kappa shape index (κ1) is 29.4. The van der Waals surface area contributed by atoms with Crippen LogP contribution in [0.4, 0.5) is 0 Å². The molecule has 2 atom stereocenters. The Morgan fingerprint density at radius 2 is 1.28 bits per heavy atom. The maximum atomic E-state index is 2.52. The molecule has 1 aromatic heterocycles. The van der Waals surface area contributed by atoms with E-state index >= 15 is 0 Å². The second kappa shape index (κ2) is 11.8. The van der Waals surface area contributed by atoms with Crippen molar-refractivity contribution in [2.75, 3.05) is 0 Å². The maximum Gasteiger partial charge on any atom is 0.0710 e. The van der Waals surface area contributed by atoms with Gasteiger partial charge in [-0.2, -0.15) is 0 Å². The van der Waals surface area contributed by atoms with Crippen molar-refractivity contribution in [2.45, 2.75) is 30.6 Å². The molecule has 238 valence electrons. The summed E-state index contributed by atoms with van der Waals surface area (Å²) in [6.45, 7) is 0. The van der Waals surface area contributed by atoms with Gasteiger partial charge in [0.05, 0.1) is 5.41 Å². The summed E-state index contributed by atoms with van der Waals surface area (Å²) < 4.78 is 2.75. The Morgan fingerprint density at radius 3 is 2.18 bits per heavy atom. The minimum Gasteiger partial charge on any atom is -0.135 e. The largest absolute Gasteiger partial charge is 0.135 e. The van der Waals surface area contributed by atoms with Gasteiger partial charge in [0.15, 0.2) is 0 Å². The van der Waals surface area contributed by atoms with Gasteiger partial charge in [-0.3, -0.25) is 0 Å². The van der Waals surface area contributed by atoms with Crippen LogP contribution in [0.1, 0.15) is 57.7 Å². The summed E-state index contributed by atoms with van der Waals surface area (Å²) in [7, 11) is 0. The lowest BCUT2D eigenvalue weighted by atomic mass is 9.66. The van der Waals surface area contributed by atoms with E-state index in [1.807, 2.05) is 11.3 Å². The van der Waals surface area contributed by atoms with Crippen molar-refractivity contribution in [1.82, 2.24) is 0 Å². The Bertz CT molecular complexity index is 2610. The molecule has 0 bridgehead atoms. The molecule has 0 saturated carbocycles. The summed E-state index contributed by atoms with van der Waals surface area (Å²) in [6, 6.07) is 61.4. The Labute approximate surface area is 297 Å². The van der Waals surface area contributed by atoms with Crippen molar-refractivity contribution in [2.24, 2.45) is 0 Å². The highest BCUT2D eigenvalue weighted by Gasteiger charge is 2.48. The van der Waals surface area contributed by atoms with Gasteiger partial charge in [-0.25, -0.2) is 0 Å². The van der Waals surface area contributed by atoms with Crippen LogP contribution >= 0.6 is 11.3 Å². The van der Waals surface area contributed by atoms with Crippen molar-refractivity contribution in [3.05, 3.63) is 220 Å². The Kier molecular flexibility index (Phi) is 6.96. The summed E-state index contributed by atoms with van der Waals surface area (Å²) in [5, 5.41) is 5.34. The molecule has 1 heterocycles. The molecule has 0 N–H and O–H groups in total. The van der Waals surface area contributed by atoms with Crippen LogP contribution in [0, 0.1) is 0 Å². The van der Waals surface area contributed by atoms with Gasteiger partial charge in [-0.15, -0.1) is 11.3 Å². The third-order valence-corrected chi connectivity index (χ3v) is 12.4. The number of benzene rings is 7. The highest BCUT2D eigenvalue weighted by molar-refractivity contribution is 7.26. The van der Waals surface area contributed by atoms with Gasteiger partial charge < -0.3 is 0 Å². The van der Waals surface area contributed by atoms with Gasteiger partial charge in [0.25, 0.3) is 0 Å². The van der Waals surface area contributed by atoms with Crippen molar-refractivity contribution >= 4 is 47.9 Å². The molecule has 0 nitrogen and oxygen atoms in total. The fourth-order valence-electron chi connectivity index (χ4n) is 9.06. The summed E-state index contributed by atoms with van der Waals surface area (Å²) >= 11 is 1.97. The van der Waals surface area contributed by atoms with E-state index in [9.17, 15) is 0 Å². The van der Waals surface area contributed by atoms with Crippen molar-refractivity contribution in [1.29, 1.82) is 0 Å². The van der Waals surface area contributed by atoms with E-state index in [0.717, 1.165) is 19.3 Å². The zero-order chi connectivity index (χ0) is 33.1. The van der Waals surface area contributed by atoms with Crippen LogP contribution in [0.15, 0.2) is 182 Å². The second-order valence-electron chi connectivity index (χ2n) is 13.8. The van der Waals surface area contributed by atoms with E-state index in [4.69, 9.17) is 0 Å². The lowest BCUT2D eigenvalue weighted by Gasteiger charge is -2.35. The quantitative estimate of drug-likeness (QED) is 0.167. The lowest BCUT2D eigenvalue weighted by molar-refractivity contribution is 0.760. The molecule has 0 fully saturated rings. The second-order valence-corrected chi connectivity index (χ2v) is 14.9. The maximum absolute atomic E-state index is 2.52. The van der Waals surface area contributed by atoms with Crippen LogP contribution in [0.25, 0.3) is 36.5 Å². The average molecular weight is 657 g/mol. The third kappa shape index (κ3) is 4.43. The highest BCUT2D eigenvalue weighted by Crippen LogP contribution is 2.59. The molecule has 7 aromatic carbocycles. The molecule has 2 unspecified atom stereocenters. The smallest absolute Gasteiger partial charge is 0.0710 e. The van der Waals surface area contributed by atoms with Gasteiger partial charge in [0.2, 0.25) is 0 Å². The van der Waals surface area contributed by atoms with Crippen LogP contribution in [0.5, 0.6) is 0 Å². The van der Waals surface area contributed by atoms with Gasteiger partial charge in [0, 0.05) is 26.1 Å². The minimum atomic E-state index is -0.349. The molecule has 10 rings (SSSR count). The Hall–Kier alpha value is -5.50. The van der Waals surface area contributed by atoms with Gasteiger partial charge in [-0.1, -0.05) is 170 Å². The number of hydrogen-bond donors (Lipinski definition) is 0. The van der Waals surface area contributed by atoms with Gasteiger partial charge >= 0.3 is 0 Å². The summed E-state index contributed by atoms with van der Waals surface area (Å²) in [5.41, 5.74) is 12.1. The van der Waals surface area contributed by atoms with Crippen LogP contribution in [0.2, 0.25) is 0 Å². The van der Waals surface area contributed by atoms with E-state index < -0.39 is 0 Å². The lowest BCUT2D eigenvalue weighted by Crippen LogP contribution is -2.29. The Balaban J connectivity index is 1.18. The first-order valence-corrected chi connectivity index (χ1v) is 18.7. The molecular weight excluding hydrogens is 621 g/mol. The topological polar surface area (TPSA) is 0 Å². The van der Waals surface area contributed by atoms with E-state index in [0.29, 0.717) is 0 Å². The molecule has 50 heavy (non-hydrogen) atoms. The standard InChI is InChI=1S/C49H36S/c1-3-15-34(16-4-1)44(31-35-19-13-18-33-17-7-8-22-38(33)35)43-26-14-25-42-41-30-29-37(32-47(41)50-48(42)43)49(36-20-5-2-6-21-36)45-27-11-9-23-39(45)40-24-10-12-28-46(40)49/h1-9,11,13-30,32,44H,10,12,31H2. The van der Waals surface area contributed by atoms with Gasteiger partial charge in [-0.05, 0) is 86.2 Å². The number of rotatable bonds is 6. The molecule has 2 aliphatic carbocycles. The number of hydrogen-bond acceptors (Lipinski definition) is 1. The first-order chi connectivity index (χ1) is 24.8. The predicted molar refractivity (Wildman–Crippen MR) is 213 cm³/mol.